The highest BCUT2D eigenvalue weighted by Crippen LogP contribution is 2.25. The van der Waals surface area contributed by atoms with E-state index >= 15 is 0 Å². The van der Waals surface area contributed by atoms with E-state index in [0.29, 0.717) is 17.4 Å². The normalized spacial score (nSPS) is 14.3. The van der Waals surface area contributed by atoms with Crippen LogP contribution in [0.25, 0.3) is 0 Å². The molecule has 0 rings (SSSR count). The summed E-state index contributed by atoms with van der Waals surface area (Å²) in [7, 11) is -14.1. The van der Waals surface area contributed by atoms with E-state index in [2.05, 4.69) is 16.0 Å². The topological polar surface area (TPSA) is 351 Å². The maximum absolute atomic E-state index is 11.3. The first-order valence-electron chi connectivity index (χ1n) is 16.4. The molecular weight excluding hydrogens is 781 g/mol. The van der Waals surface area contributed by atoms with Crippen molar-refractivity contribution in [2.45, 2.75) is 42.4 Å². The fourth-order valence-corrected chi connectivity index (χ4v) is 8.61. The molecule has 0 aliphatic carbocycles. The Morgan fingerprint density at radius 2 is 0.942 bits per heavy atom. The third-order valence-electron chi connectivity index (χ3n) is 8.17. The average molecular weight is 841 g/mol. The van der Waals surface area contributed by atoms with Gasteiger partial charge in [-0.2, -0.15) is 16.8 Å². The van der Waals surface area contributed by atoms with E-state index in [1.54, 1.807) is 0 Å². The Hall–Kier alpha value is -0.573. The summed E-state index contributed by atoms with van der Waals surface area (Å²) in [5, 5.41) is 69.4. The third kappa shape index (κ3) is 20.9. The van der Waals surface area contributed by atoms with Crippen LogP contribution < -0.4 is 16.0 Å². The quantitative estimate of drug-likeness (QED) is 0.0166. The smallest absolute Gasteiger partial charge is 0.501 e. The summed E-state index contributed by atoms with van der Waals surface area (Å²) < 4.78 is 117. The molecule has 0 unspecified atom stereocenters. The number of aliphatic hydroxyl groups excluding tert-OH is 6. The Balaban J connectivity index is 6.98. The van der Waals surface area contributed by atoms with Crippen LogP contribution in [-0.4, -0.2) is 223 Å². The SMILES string of the molecule is CCC[N+](C)(C)CCC[Si](OCC(CO)(CO)NCCS(=O)(=O)[O-])(OCC(CO)(CO)NCCS(=O)(=O)O)OCC(CO)(CO)NCCS(=O)(=O)O. The van der Waals surface area contributed by atoms with Crippen LogP contribution in [0.15, 0.2) is 0 Å². The zero-order chi connectivity index (χ0) is 40.4. The summed E-state index contributed by atoms with van der Waals surface area (Å²) in [5.74, 6) is -2.52. The third-order valence-corrected chi connectivity index (χ3v) is 13.0. The molecule has 0 aromatic carbocycles. The molecule has 0 aromatic rings. The van der Waals surface area contributed by atoms with Crippen molar-refractivity contribution >= 4 is 39.2 Å². The molecule has 0 amide bonds. The second kappa shape index (κ2) is 22.8. The molecule has 0 saturated heterocycles. The van der Waals surface area contributed by atoms with Gasteiger partial charge in [-0.1, -0.05) is 6.92 Å². The van der Waals surface area contributed by atoms with Crippen molar-refractivity contribution in [2.75, 3.05) is 124 Å². The predicted molar refractivity (Wildman–Crippen MR) is 187 cm³/mol. The fraction of sp³-hybridized carbons (Fsp3) is 1.00. The van der Waals surface area contributed by atoms with Gasteiger partial charge in [0.25, 0.3) is 20.2 Å². The van der Waals surface area contributed by atoms with E-state index in [9.17, 15) is 60.4 Å². The van der Waals surface area contributed by atoms with Crippen molar-refractivity contribution in [3.8, 4) is 0 Å². The van der Waals surface area contributed by atoms with Gasteiger partial charge in [0.05, 0.1) is 131 Å². The zero-order valence-electron chi connectivity index (χ0n) is 30.0. The van der Waals surface area contributed by atoms with Crippen LogP contribution in [0.2, 0.25) is 6.04 Å². The van der Waals surface area contributed by atoms with E-state index in [1.165, 1.54) is 0 Å². The molecule has 314 valence electrons. The summed E-state index contributed by atoms with van der Waals surface area (Å²) in [6.07, 6.45) is 1.13. The summed E-state index contributed by atoms with van der Waals surface area (Å²) >= 11 is 0. The van der Waals surface area contributed by atoms with Crippen molar-refractivity contribution in [1.29, 1.82) is 0 Å². The van der Waals surface area contributed by atoms with Crippen molar-refractivity contribution in [3.63, 3.8) is 0 Å². The molecule has 0 saturated carbocycles. The van der Waals surface area contributed by atoms with E-state index in [1.807, 2.05) is 21.0 Å². The van der Waals surface area contributed by atoms with Crippen molar-refractivity contribution in [1.82, 2.24) is 16.0 Å². The lowest BCUT2D eigenvalue weighted by Gasteiger charge is -2.41. The first kappa shape index (κ1) is 51.4. The molecule has 0 spiro atoms. The predicted octanol–water partition coefficient (Wildman–Crippen LogP) is -5.89. The summed E-state index contributed by atoms with van der Waals surface area (Å²) in [4.78, 5) is 0. The largest absolute Gasteiger partial charge is 0.748 e. The molecule has 26 heteroatoms. The molecule has 11 N–H and O–H groups in total. The van der Waals surface area contributed by atoms with Gasteiger partial charge in [0, 0.05) is 32.1 Å². The Morgan fingerprint density at radius 1 is 0.615 bits per heavy atom. The maximum atomic E-state index is 11.3. The molecule has 0 fully saturated rings. The lowest BCUT2D eigenvalue weighted by Crippen LogP contribution is -2.64. The van der Waals surface area contributed by atoms with Gasteiger partial charge in [-0.05, 0) is 6.42 Å². The van der Waals surface area contributed by atoms with Gasteiger partial charge in [-0.25, -0.2) is 8.42 Å². The van der Waals surface area contributed by atoms with Crippen LogP contribution in [0.1, 0.15) is 19.8 Å². The molecule has 0 bridgehead atoms. The summed E-state index contributed by atoms with van der Waals surface area (Å²) in [6, 6.07) is -0.0732. The highest BCUT2D eigenvalue weighted by molar-refractivity contribution is 7.86. The molecule has 22 nitrogen and oxygen atoms in total. The number of hydrogen-bond acceptors (Lipinski definition) is 19. The number of nitrogens with zero attached hydrogens (tertiary/aromatic N) is 1. The highest BCUT2D eigenvalue weighted by Gasteiger charge is 2.48. The van der Waals surface area contributed by atoms with E-state index in [4.69, 9.17) is 22.4 Å². The average Bonchev–Trinajstić information content (AvgIpc) is 3.04. The number of aliphatic hydroxyl groups is 6. The Bertz CT molecular complexity index is 1190. The second-order valence-electron chi connectivity index (χ2n) is 13.4. The minimum atomic E-state index is -4.71. The van der Waals surface area contributed by atoms with Gasteiger partial charge in [0.2, 0.25) is 0 Å². The molecule has 0 radical (unpaired) electrons. The van der Waals surface area contributed by atoms with Crippen molar-refractivity contribution in [3.05, 3.63) is 0 Å². The molecule has 0 atom stereocenters. The standard InChI is InChI=1S/C26H60N4O18S3Si/c1-4-9-30(2,3)10-5-14-52(46-21-24(15-31,16-32)27-6-11-49(37,38)39,47-22-25(17-33,18-34)28-7-12-50(40,41)42)48-23-26(19-35,20-36)29-8-13-51(43,44)45/h27-29,31-36H,4-23H2,1-3H3,(H2-,37,38,39,40,41,42,43,44,45). The fourth-order valence-electron chi connectivity index (χ4n) is 4.77. The Morgan fingerprint density at radius 3 is 1.21 bits per heavy atom. The summed E-state index contributed by atoms with van der Waals surface area (Å²) in [5.41, 5.74) is -5.36. The highest BCUT2D eigenvalue weighted by atomic mass is 32.2. The molecule has 0 heterocycles. The van der Waals surface area contributed by atoms with Gasteiger partial charge in [0.1, 0.15) is 0 Å². The minimum Gasteiger partial charge on any atom is -0.748 e. The van der Waals surface area contributed by atoms with Crippen LogP contribution in [0.4, 0.5) is 0 Å². The summed E-state index contributed by atoms with van der Waals surface area (Å²) in [6.45, 7) is -5.29. The van der Waals surface area contributed by atoms with Crippen molar-refractivity contribution < 1.29 is 87.3 Å². The number of quaternary nitrogens is 1. The first-order valence-corrected chi connectivity index (χ1v) is 23.1. The van der Waals surface area contributed by atoms with Crippen LogP contribution in [0.3, 0.4) is 0 Å². The molecule has 0 aliphatic rings. The molecular formula is C26H60N4O18S3Si. The van der Waals surface area contributed by atoms with Crippen LogP contribution in [0.5, 0.6) is 0 Å². The van der Waals surface area contributed by atoms with Gasteiger partial charge >= 0.3 is 8.80 Å². The minimum absolute atomic E-state index is 0.0732. The van der Waals surface area contributed by atoms with Crippen LogP contribution in [-0.2, 0) is 43.6 Å². The van der Waals surface area contributed by atoms with E-state index in [-0.39, 0.29) is 6.04 Å². The Labute approximate surface area is 307 Å². The van der Waals surface area contributed by atoms with Crippen molar-refractivity contribution in [2.24, 2.45) is 0 Å². The first-order chi connectivity index (χ1) is 23.9. The molecule has 0 aliphatic heterocycles. The van der Waals surface area contributed by atoms with Crippen LogP contribution >= 0.6 is 0 Å². The van der Waals surface area contributed by atoms with Gasteiger partial charge in [-0.3, -0.25) is 9.11 Å². The number of rotatable bonds is 33. The van der Waals surface area contributed by atoms with Gasteiger partial charge in [0.15, 0.2) is 0 Å². The van der Waals surface area contributed by atoms with Crippen LogP contribution in [0, 0.1) is 0 Å². The zero-order valence-corrected chi connectivity index (χ0v) is 33.4. The lowest BCUT2D eigenvalue weighted by molar-refractivity contribution is -0.890. The lowest BCUT2D eigenvalue weighted by atomic mass is 10.0. The monoisotopic (exact) mass is 840 g/mol. The maximum Gasteiger partial charge on any atom is 0.501 e. The molecule has 0 aromatic heterocycles. The van der Waals surface area contributed by atoms with Gasteiger partial charge in [-0.15, -0.1) is 0 Å². The number of hydrogen-bond donors (Lipinski definition) is 11. The Kier molecular flexibility index (Phi) is 22.6. The van der Waals surface area contributed by atoms with E-state index < -0.39 is 152 Å². The number of nitrogens with one attached hydrogen (secondary N) is 3. The van der Waals surface area contributed by atoms with E-state index in [0.717, 1.165) is 13.0 Å². The van der Waals surface area contributed by atoms with Gasteiger partial charge < -0.3 is 68.9 Å². The second-order valence-corrected chi connectivity index (χ2v) is 20.8. The molecule has 52 heavy (non-hydrogen) atoms.